The van der Waals surface area contributed by atoms with Gasteiger partial charge >= 0.3 is 0 Å². The van der Waals surface area contributed by atoms with E-state index in [1.54, 1.807) is 29.2 Å². The maximum Gasteiger partial charge on any atom is 0.255 e. The molecule has 7 nitrogen and oxygen atoms in total. The lowest BCUT2D eigenvalue weighted by Gasteiger charge is -2.32. The first-order chi connectivity index (χ1) is 18.4. The van der Waals surface area contributed by atoms with Gasteiger partial charge in [-0.25, -0.2) is 13.8 Å². The fraction of sp³-hybridized carbons (Fsp3) is 0.241. The summed E-state index contributed by atoms with van der Waals surface area (Å²) in [6, 6.07) is 17.1. The van der Waals surface area contributed by atoms with Gasteiger partial charge in [0.1, 0.15) is 5.52 Å². The Labute approximate surface area is 218 Å². The Morgan fingerprint density at radius 3 is 2.55 bits per heavy atom. The van der Waals surface area contributed by atoms with Crippen LogP contribution in [0.2, 0.25) is 0 Å². The highest BCUT2D eigenvalue weighted by Gasteiger charge is 2.25. The van der Waals surface area contributed by atoms with Crippen LogP contribution in [0.3, 0.4) is 0 Å². The van der Waals surface area contributed by atoms with Crippen molar-refractivity contribution in [2.24, 2.45) is 0 Å². The van der Waals surface area contributed by atoms with Gasteiger partial charge in [0.25, 0.3) is 5.91 Å². The van der Waals surface area contributed by atoms with E-state index in [0.29, 0.717) is 41.3 Å². The second kappa shape index (κ2) is 10.9. The number of ether oxygens (including phenoxy) is 1. The molecule has 1 N–H and O–H groups in total. The number of benzene rings is 2. The van der Waals surface area contributed by atoms with Crippen LogP contribution in [0.4, 0.5) is 14.5 Å². The number of anilines is 1. The zero-order valence-electron chi connectivity index (χ0n) is 20.8. The molecule has 38 heavy (non-hydrogen) atoms. The Morgan fingerprint density at radius 1 is 1.05 bits per heavy atom. The Bertz CT molecular complexity index is 1490. The molecule has 0 saturated carbocycles. The summed E-state index contributed by atoms with van der Waals surface area (Å²) in [5, 5.41) is 3.28. The number of hydrogen-bond acceptors (Lipinski definition) is 5. The molecule has 9 heteroatoms. The number of likely N-dealkylation sites (tertiary alicyclic amines) is 1. The third-order valence-electron chi connectivity index (χ3n) is 6.77. The van der Waals surface area contributed by atoms with Crippen LogP contribution in [0.1, 0.15) is 40.4 Å². The van der Waals surface area contributed by atoms with Crippen molar-refractivity contribution in [3.8, 4) is 5.88 Å². The van der Waals surface area contributed by atoms with Crippen molar-refractivity contribution in [3.05, 3.63) is 95.3 Å². The van der Waals surface area contributed by atoms with Gasteiger partial charge in [0.05, 0.1) is 24.8 Å². The number of amides is 2. The van der Waals surface area contributed by atoms with Crippen molar-refractivity contribution in [2.45, 2.75) is 25.2 Å². The van der Waals surface area contributed by atoms with Crippen molar-refractivity contribution in [1.82, 2.24) is 14.9 Å². The topological polar surface area (TPSA) is 84.4 Å². The third-order valence-corrected chi connectivity index (χ3v) is 6.77. The van der Waals surface area contributed by atoms with Gasteiger partial charge in [-0.05, 0) is 60.7 Å². The normalized spacial score (nSPS) is 13.9. The lowest BCUT2D eigenvalue weighted by atomic mass is 9.89. The fourth-order valence-electron chi connectivity index (χ4n) is 4.73. The number of nitrogens with one attached hydrogen (secondary N) is 1. The Balaban J connectivity index is 1.16. The molecule has 194 valence electrons. The number of carbonyl (C=O) groups excluding carboxylic acids is 2. The van der Waals surface area contributed by atoms with Gasteiger partial charge < -0.3 is 15.0 Å². The van der Waals surface area contributed by atoms with Crippen LogP contribution in [0, 0.1) is 11.6 Å². The molecule has 1 fully saturated rings. The fourth-order valence-corrected chi connectivity index (χ4v) is 4.73. The first kappa shape index (κ1) is 25.3. The van der Waals surface area contributed by atoms with Crippen LogP contribution in [-0.4, -0.2) is 46.9 Å². The predicted molar refractivity (Wildman–Crippen MR) is 139 cm³/mol. The summed E-state index contributed by atoms with van der Waals surface area (Å²) in [7, 11) is 1.53. The summed E-state index contributed by atoms with van der Waals surface area (Å²) in [4.78, 5) is 35.4. The number of halogens is 2. The molecular weight excluding hydrogens is 490 g/mol. The predicted octanol–water partition coefficient (Wildman–Crippen LogP) is 5.12. The summed E-state index contributed by atoms with van der Waals surface area (Å²) in [6.45, 7) is 1.15. The molecule has 1 saturated heterocycles. The largest absolute Gasteiger partial charge is 0.481 e. The summed E-state index contributed by atoms with van der Waals surface area (Å²) in [5.74, 6) is -1.56. The molecule has 0 atom stereocenters. The molecule has 0 aliphatic carbocycles. The van der Waals surface area contributed by atoms with Gasteiger partial charge in [-0.3, -0.25) is 14.6 Å². The summed E-state index contributed by atoms with van der Waals surface area (Å²) >= 11 is 0. The molecule has 0 spiro atoms. The third kappa shape index (κ3) is 5.46. The number of fused-ring (bicyclic) bond motifs is 1. The molecule has 0 bridgehead atoms. The molecule has 1 aliphatic rings. The Hall–Kier alpha value is -4.40. The van der Waals surface area contributed by atoms with Gasteiger partial charge in [-0.15, -0.1) is 0 Å². The number of carbonyl (C=O) groups is 2. The second-order valence-electron chi connectivity index (χ2n) is 9.24. The molecule has 0 radical (unpaired) electrons. The van der Waals surface area contributed by atoms with Crippen LogP contribution in [-0.2, 0) is 11.2 Å². The number of rotatable bonds is 6. The monoisotopic (exact) mass is 516 g/mol. The first-order valence-electron chi connectivity index (χ1n) is 12.3. The van der Waals surface area contributed by atoms with Crippen molar-refractivity contribution < 1.29 is 23.1 Å². The van der Waals surface area contributed by atoms with Crippen molar-refractivity contribution >= 4 is 28.4 Å². The molecule has 0 unspecified atom stereocenters. The number of aromatic nitrogens is 2. The smallest absolute Gasteiger partial charge is 0.255 e. The summed E-state index contributed by atoms with van der Waals surface area (Å²) < 4.78 is 32.5. The number of hydrogen-bond donors (Lipinski definition) is 1. The van der Waals surface area contributed by atoms with Gasteiger partial charge in [0, 0.05) is 36.4 Å². The lowest BCUT2D eigenvalue weighted by Crippen LogP contribution is -2.38. The number of nitrogens with zero attached hydrogens (tertiary/aromatic N) is 3. The van der Waals surface area contributed by atoms with E-state index in [9.17, 15) is 18.4 Å². The molecule has 4 aromatic rings. The van der Waals surface area contributed by atoms with Crippen LogP contribution in [0.15, 0.2) is 66.9 Å². The van der Waals surface area contributed by atoms with Crippen molar-refractivity contribution in [1.29, 1.82) is 0 Å². The maximum absolute atomic E-state index is 13.9. The minimum Gasteiger partial charge on any atom is -0.481 e. The highest BCUT2D eigenvalue weighted by molar-refractivity contribution is 5.97. The molecule has 5 rings (SSSR count). The van der Waals surface area contributed by atoms with Crippen LogP contribution in [0.25, 0.3) is 10.9 Å². The van der Waals surface area contributed by atoms with E-state index in [4.69, 9.17) is 4.74 Å². The molecule has 1 aliphatic heterocycles. The van der Waals surface area contributed by atoms with Crippen molar-refractivity contribution in [2.75, 3.05) is 25.5 Å². The highest BCUT2D eigenvalue weighted by Crippen LogP contribution is 2.30. The zero-order valence-corrected chi connectivity index (χ0v) is 20.8. The van der Waals surface area contributed by atoms with E-state index in [0.717, 1.165) is 24.5 Å². The summed E-state index contributed by atoms with van der Waals surface area (Å²) in [6.07, 6.45) is 3.03. The number of pyridine rings is 2. The van der Waals surface area contributed by atoms with E-state index in [1.807, 2.05) is 24.3 Å². The van der Waals surface area contributed by atoms with E-state index in [2.05, 4.69) is 15.3 Å². The molecule has 2 amide bonds. The van der Waals surface area contributed by atoms with Gasteiger partial charge in [-0.1, -0.05) is 18.2 Å². The summed E-state index contributed by atoms with van der Waals surface area (Å²) in [5.41, 5.74) is 2.74. The van der Waals surface area contributed by atoms with E-state index in [-0.39, 0.29) is 29.7 Å². The average molecular weight is 517 g/mol. The standard InChI is InChI=1S/C29H26F2N4O3/c1-38-26-4-2-3-23(34-26)16-25(36)33-22-8-5-18(6-9-22)19-11-13-35(14-12-19)29(37)21-15-20-7-10-24(30)27(31)28(20)32-17-21/h2-10,15,17,19H,11-14,16H2,1H3,(H,33,36). The minimum atomic E-state index is -1.01. The molecule has 3 heterocycles. The minimum absolute atomic E-state index is 0.0862. The SMILES string of the molecule is COc1cccc(CC(=O)Nc2ccc(C3CCN(C(=O)c4cnc5c(F)c(F)ccc5c4)CC3)cc2)n1. The Kier molecular flexibility index (Phi) is 7.26. The zero-order chi connectivity index (χ0) is 26.6. The molecule has 2 aromatic carbocycles. The van der Waals surface area contributed by atoms with Gasteiger partial charge in [-0.2, -0.15) is 0 Å². The quantitative estimate of drug-likeness (QED) is 0.385. The van der Waals surface area contributed by atoms with E-state index >= 15 is 0 Å². The Morgan fingerprint density at radius 2 is 1.82 bits per heavy atom. The van der Waals surface area contributed by atoms with Gasteiger partial charge in [0.2, 0.25) is 11.8 Å². The van der Waals surface area contributed by atoms with Crippen LogP contribution in [0.5, 0.6) is 5.88 Å². The van der Waals surface area contributed by atoms with E-state index in [1.165, 1.54) is 19.4 Å². The van der Waals surface area contributed by atoms with Crippen LogP contribution >= 0.6 is 0 Å². The van der Waals surface area contributed by atoms with E-state index < -0.39 is 11.6 Å². The molecule has 2 aromatic heterocycles. The molecular formula is C29H26F2N4O3. The van der Waals surface area contributed by atoms with Crippen molar-refractivity contribution in [3.63, 3.8) is 0 Å². The average Bonchev–Trinajstić information content (AvgIpc) is 2.95. The highest BCUT2D eigenvalue weighted by atomic mass is 19.2. The number of piperidine rings is 1. The van der Waals surface area contributed by atoms with Crippen LogP contribution < -0.4 is 10.1 Å². The first-order valence-corrected chi connectivity index (χ1v) is 12.3. The number of methoxy groups -OCH3 is 1. The second-order valence-corrected chi connectivity index (χ2v) is 9.24. The lowest BCUT2D eigenvalue weighted by molar-refractivity contribution is -0.115. The maximum atomic E-state index is 13.9. The van der Waals surface area contributed by atoms with Gasteiger partial charge in [0.15, 0.2) is 11.6 Å².